The number of benzene rings is 6. The summed E-state index contributed by atoms with van der Waals surface area (Å²) < 4.78 is 0. The van der Waals surface area contributed by atoms with E-state index in [9.17, 15) is 0 Å². The molecule has 0 aliphatic heterocycles. The van der Waals surface area contributed by atoms with Crippen LogP contribution in [0.4, 0.5) is 0 Å². The van der Waals surface area contributed by atoms with Crippen molar-refractivity contribution in [2.75, 3.05) is 0 Å². The fraction of sp³-hybridized carbons (Fsp3) is 0. The fourth-order valence-corrected chi connectivity index (χ4v) is 7.92. The lowest BCUT2D eigenvalue weighted by atomic mass is 9.95. The maximum atomic E-state index is 5.24. The van der Waals surface area contributed by atoms with Crippen LogP contribution in [0.3, 0.4) is 0 Å². The predicted octanol–water partition coefficient (Wildman–Crippen LogP) is 13.5. The summed E-state index contributed by atoms with van der Waals surface area (Å²) in [4.78, 5) is 39.8. The second-order valence-electron chi connectivity index (χ2n) is 15.7. The van der Waals surface area contributed by atoms with E-state index in [1.165, 1.54) is 0 Å². The van der Waals surface area contributed by atoms with E-state index in [0.717, 1.165) is 89.8 Å². The Morgan fingerprint density at radius 3 is 1.00 bits per heavy atom. The highest BCUT2D eigenvalue weighted by Gasteiger charge is 2.18. The van der Waals surface area contributed by atoms with E-state index in [4.69, 9.17) is 29.9 Å². The van der Waals surface area contributed by atoms with Gasteiger partial charge in [-0.25, -0.2) is 29.9 Å². The number of hydrogen-bond acceptors (Lipinski definition) is 8. The van der Waals surface area contributed by atoms with Crippen LogP contribution in [0.15, 0.2) is 231 Å². The van der Waals surface area contributed by atoms with E-state index >= 15 is 0 Å². The molecular weight excluding hydrogens is 809 g/mol. The summed E-state index contributed by atoms with van der Waals surface area (Å²) in [6, 6.07) is 73.4. The van der Waals surface area contributed by atoms with Gasteiger partial charge in [0.1, 0.15) is 0 Å². The van der Waals surface area contributed by atoms with Crippen molar-refractivity contribution in [2.24, 2.45) is 0 Å². The molecule has 0 N–H and O–H groups in total. The molecule has 5 aromatic heterocycles. The quantitative estimate of drug-likeness (QED) is 0.134. The SMILES string of the molecule is c1ccc(-c2cc(-c3cc(-c4ccc(-c5cc(-c6ccccn6)nc(-c6ccccn6)c5)cc4)cc(-c4nc(-c5ccccc5)nc(-c5ccccc5)n4)c3)nc(-c3ccccc3)n2)cc1. The number of nitrogens with zero attached hydrogens (tertiary/aromatic N) is 8. The zero-order chi connectivity index (χ0) is 44.1. The standard InChI is InChI=1S/C58H38N8/c1-5-17-41(18-6-1)51-38-52(63-55(62-51)42-19-7-2-8-20-42)47-33-45(34-48(35-47)58-65-56(43-21-9-3-10-22-43)64-57(66-58)44-23-11-4-12-24-44)39-27-29-40(30-28-39)46-36-53(49-25-13-15-31-59-49)61-54(37-46)50-26-14-16-32-60-50/h1-38H. The molecule has 0 bridgehead atoms. The van der Waals surface area contributed by atoms with Gasteiger partial charge in [0.05, 0.1) is 34.2 Å². The molecule has 0 atom stereocenters. The lowest BCUT2D eigenvalue weighted by molar-refractivity contribution is 1.07. The third-order valence-corrected chi connectivity index (χ3v) is 11.2. The molecule has 0 radical (unpaired) electrons. The van der Waals surface area contributed by atoms with E-state index in [2.05, 4.69) is 82.8 Å². The van der Waals surface area contributed by atoms with Crippen LogP contribution >= 0.6 is 0 Å². The Hall–Kier alpha value is -9.14. The number of aromatic nitrogens is 8. The topological polar surface area (TPSA) is 103 Å². The molecule has 11 aromatic rings. The van der Waals surface area contributed by atoms with Gasteiger partial charge in [-0.15, -0.1) is 0 Å². The maximum absolute atomic E-state index is 5.24. The van der Waals surface area contributed by atoms with E-state index in [1.54, 1.807) is 12.4 Å². The summed E-state index contributed by atoms with van der Waals surface area (Å²) >= 11 is 0. The van der Waals surface area contributed by atoms with Crippen LogP contribution in [0, 0.1) is 0 Å². The van der Waals surface area contributed by atoms with Crippen molar-refractivity contribution in [2.45, 2.75) is 0 Å². The van der Waals surface area contributed by atoms with Crippen molar-refractivity contribution in [1.82, 2.24) is 39.9 Å². The van der Waals surface area contributed by atoms with Crippen LogP contribution in [-0.2, 0) is 0 Å². The summed E-state index contributed by atoms with van der Waals surface area (Å²) in [5.74, 6) is 2.35. The van der Waals surface area contributed by atoms with Gasteiger partial charge in [0.25, 0.3) is 0 Å². The fourth-order valence-electron chi connectivity index (χ4n) is 7.92. The Labute approximate surface area is 382 Å². The minimum absolute atomic E-state index is 0.545. The first-order valence-electron chi connectivity index (χ1n) is 21.7. The van der Waals surface area contributed by atoms with Crippen molar-refractivity contribution in [3.05, 3.63) is 231 Å². The van der Waals surface area contributed by atoms with Crippen molar-refractivity contribution >= 4 is 0 Å². The maximum Gasteiger partial charge on any atom is 0.164 e. The first-order chi connectivity index (χ1) is 32.7. The van der Waals surface area contributed by atoms with Crippen LogP contribution in [0.2, 0.25) is 0 Å². The van der Waals surface area contributed by atoms with Gasteiger partial charge in [-0.2, -0.15) is 0 Å². The van der Waals surface area contributed by atoms with Crippen molar-refractivity contribution < 1.29 is 0 Å². The monoisotopic (exact) mass is 846 g/mol. The average molecular weight is 847 g/mol. The minimum atomic E-state index is 0.545. The summed E-state index contributed by atoms with van der Waals surface area (Å²) in [6.45, 7) is 0. The van der Waals surface area contributed by atoms with Gasteiger partial charge in [0.15, 0.2) is 23.3 Å². The molecule has 0 fully saturated rings. The predicted molar refractivity (Wildman–Crippen MR) is 263 cm³/mol. The lowest BCUT2D eigenvalue weighted by Crippen LogP contribution is -2.01. The molecule has 66 heavy (non-hydrogen) atoms. The second-order valence-corrected chi connectivity index (χ2v) is 15.7. The molecular formula is C58H38N8. The molecule has 0 saturated heterocycles. The lowest BCUT2D eigenvalue weighted by Gasteiger charge is -2.14. The van der Waals surface area contributed by atoms with Crippen molar-refractivity contribution in [3.8, 4) is 113 Å². The first-order valence-corrected chi connectivity index (χ1v) is 21.7. The Bertz CT molecular complexity index is 3110. The van der Waals surface area contributed by atoms with Gasteiger partial charge in [-0.3, -0.25) is 9.97 Å². The highest BCUT2D eigenvalue weighted by Crippen LogP contribution is 2.36. The molecule has 0 saturated carbocycles. The summed E-state index contributed by atoms with van der Waals surface area (Å²) in [5, 5.41) is 0. The van der Waals surface area contributed by atoms with Crippen LogP contribution in [-0.4, -0.2) is 39.9 Å². The molecule has 310 valence electrons. The molecule has 11 rings (SSSR count). The second kappa shape index (κ2) is 17.9. The summed E-state index contributed by atoms with van der Waals surface area (Å²) in [6.07, 6.45) is 3.57. The number of hydrogen-bond donors (Lipinski definition) is 0. The molecule has 5 heterocycles. The van der Waals surface area contributed by atoms with Crippen LogP contribution in [0.25, 0.3) is 113 Å². The van der Waals surface area contributed by atoms with Crippen LogP contribution in [0.5, 0.6) is 0 Å². The van der Waals surface area contributed by atoms with Crippen LogP contribution < -0.4 is 0 Å². The zero-order valence-corrected chi connectivity index (χ0v) is 35.5. The number of pyridine rings is 3. The van der Waals surface area contributed by atoms with Gasteiger partial charge in [0.2, 0.25) is 0 Å². The van der Waals surface area contributed by atoms with E-state index in [-0.39, 0.29) is 0 Å². The normalized spacial score (nSPS) is 11.0. The summed E-state index contributed by atoms with van der Waals surface area (Å²) in [5.41, 5.74) is 14.1. The molecule has 0 spiro atoms. The largest absolute Gasteiger partial charge is 0.255 e. The Morgan fingerprint density at radius 1 is 0.182 bits per heavy atom. The summed E-state index contributed by atoms with van der Waals surface area (Å²) in [7, 11) is 0. The van der Waals surface area contributed by atoms with Crippen molar-refractivity contribution in [3.63, 3.8) is 0 Å². The van der Waals surface area contributed by atoms with Gasteiger partial charge in [0, 0.05) is 45.8 Å². The van der Waals surface area contributed by atoms with Gasteiger partial charge < -0.3 is 0 Å². The van der Waals surface area contributed by atoms with Crippen LogP contribution in [0.1, 0.15) is 0 Å². The molecule has 0 aliphatic carbocycles. The molecule has 0 aliphatic rings. The van der Waals surface area contributed by atoms with Gasteiger partial charge in [-0.05, 0) is 82.9 Å². The minimum Gasteiger partial charge on any atom is -0.255 e. The molecule has 0 amide bonds. The van der Waals surface area contributed by atoms with Gasteiger partial charge >= 0.3 is 0 Å². The molecule has 8 heteroatoms. The van der Waals surface area contributed by atoms with Crippen molar-refractivity contribution in [1.29, 1.82) is 0 Å². The van der Waals surface area contributed by atoms with E-state index in [0.29, 0.717) is 23.3 Å². The Balaban J connectivity index is 1.09. The highest BCUT2D eigenvalue weighted by molar-refractivity contribution is 5.83. The average Bonchev–Trinajstić information content (AvgIpc) is 3.42. The third-order valence-electron chi connectivity index (χ3n) is 11.2. The Kier molecular flexibility index (Phi) is 10.8. The third kappa shape index (κ3) is 8.50. The van der Waals surface area contributed by atoms with E-state index in [1.807, 2.05) is 146 Å². The smallest absolute Gasteiger partial charge is 0.164 e. The Morgan fingerprint density at radius 2 is 0.545 bits per heavy atom. The van der Waals surface area contributed by atoms with Gasteiger partial charge in [-0.1, -0.05) is 158 Å². The van der Waals surface area contributed by atoms with E-state index < -0.39 is 0 Å². The first kappa shape index (κ1) is 39.7. The zero-order valence-electron chi connectivity index (χ0n) is 35.5. The highest BCUT2D eigenvalue weighted by atomic mass is 15.0. The number of rotatable bonds is 10. The molecule has 0 unspecified atom stereocenters. The molecule has 6 aromatic carbocycles. The molecule has 8 nitrogen and oxygen atoms in total.